The zero-order valence-corrected chi connectivity index (χ0v) is 10.7. The standard InChI is InChI=1S/C13H23NO2/c1-4-5-10-16-13(15)11-14-9-7-6-8-12(2)3/h8,11H,4-7,9-10H2,1-3H3. The van der Waals surface area contributed by atoms with Gasteiger partial charge in [-0.1, -0.05) is 25.0 Å². The molecule has 92 valence electrons. The van der Waals surface area contributed by atoms with E-state index in [9.17, 15) is 4.79 Å². The molecule has 0 aliphatic rings. The van der Waals surface area contributed by atoms with Gasteiger partial charge in [0.15, 0.2) is 0 Å². The van der Waals surface area contributed by atoms with Crippen molar-refractivity contribution >= 4 is 12.2 Å². The van der Waals surface area contributed by atoms with Crippen LogP contribution in [-0.4, -0.2) is 25.3 Å². The van der Waals surface area contributed by atoms with Gasteiger partial charge in [-0.25, -0.2) is 4.79 Å². The Morgan fingerprint density at radius 1 is 1.31 bits per heavy atom. The maximum absolute atomic E-state index is 11.1. The maximum Gasteiger partial charge on any atom is 0.348 e. The Morgan fingerprint density at radius 2 is 2.06 bits per heavy atom. The number of ether oxygens (including phenoxy) is 1. The van der Waals surface area contributed by atoms with Gasteiger partial charge in [0.2, 0.25) is 0 Å². The van der Waals surface area contributed by atoms with E-state index >= 15 is 0 Å². The van der Waals surface area contributed by atoms with E-state index in [-0.39, 0.29) is 5.97 Å². The van der Waals surface area contributed by atoms with Crippen LogP contribution in [0.25, 0.3) is 0 Å². The highest BCUT2D eigenvalue weighted by atomic mass is 16.5. The molecule has 16 heavy (non-hydrogen) atoms. The summed E-state index contributed by atoms with van der Waals surface area (Å²) in [5.41, 5.74) is 1.32. The third-order valence-electron chi connectivity index (χ3n) is 1.98. The first kappa shape index (κ1) is 14.9. The molecular formula is C13H23NO2. The van der Waals surface area contributed by atoms with E-state index < -0.39 is 0 Å². The monoisotopic (exact) mass is 225 g/mol. The molecule has 0 N–H and O–H groups in total. The molecule has 3 heteroatoms. The van der Waals surface area contributed by atoms with Gasteiger partial charge in [0.25, 0.3) is 0 Å². The lowest BCUT2D eigenvalue weighted by atomic mass is 10.2. The molecule has 0 fully saturated rings. The van der Waals surface area contributed by atoms with Crippen molar-refractivity contribution in [2.75, 3.05) is 13.2 Å². The molecule has 0 bridgehead atoms. The van der Waals surface area contributed by atoms with Crippen molar-refractivity contribution in [3.05, 3.63) is 11.6 Å². The number of aliphatic imine (C=N–C) groups is 1. The largest absolute Gasteiger partial charge is 0.461 e. The Bertz CT molecular complexity index is 240. The third-order valence-corrected chi connectivity index (χ3v) is 1.98. The third kappa shape index (κ3) is 11.0. The molecule has 0 aromatic rings. The minimum Gasteiger partial charge on any atom is -0.461 e. The molecule has 0 aliphatic heterocycles. The van der Waals surface area contributed by atoms with Crippen molar-refractivity contribution in [3.63, 3.8) is 0 Å². The van der Waals surface area contributed by atoms with Gasteiger partial charge in [-0.05, 0) is 33.1 Å². The van der Waals surface area contributed by atoms with E-state index in [1.165, 1.54) is 11.8 Å². The average molecular weight is 225 g/mol. The molecule has 0 aromatic heterocycles. The molecule has 0 amide bonds. The molecule has 0 unspecified atom stereocenters. The van der Waals surface area contributed by atoms with Crippen LogP contribution in [0.1, 0.15) is 46.5 Å². The summed E-state index contributed by atoms with van der Waals surface area (Å²) in [6.07, 6.45) is 7.41. The highest BCUT2D eigenvalue weighted by Crippen LogP contribution is 1.96. The summed E-state index contributed by atoms with van der Waals surface area (Å²) < 4.78 is 4.93. The quantitative estimate of drug-likeness (QED) is 0.275. The molecule has 0 saturated heterocycles. The van der Waals surface area contributed by atoms with Crippen molar-refractivity contribution in [3.8, 4) is 0 Å². The summed E-state index contributed by atoms with van der Waals surface area (Å²) in [5.74, 6) is -0.323. The van der Waals surface area contributed by atoms with Crippen LogP contribution in [0.15, 0.2) is 16.6 Å². The highest BCUT2D eigenvalue weighted by Gasteiger charge is 1.95. The fraction of sp³-hybridized carbons (Fsp3) is 0.692. The van der Waals surface area contributed by atoms with Crippen LogP contribution < -0.4 is 0 Å². The summed E-state index contributed by atoms with van der Waals surface area (Å²) >= 11 is 0. The van der Waals surface area contributed by atoms with E-state index in [0.29, 0.717) is 13.2 Å². The maximum atomic E-state index is 11.1. The van der Waals surface area contributed by atoms with Crippen molar-refractivity contribution in [1.82, 2.24) is 0 Å². The Hall–Kier alpha value is -1.12. The molecule has 0 spiro atoms. The predicted molar refractivity (Wildman–Crippen MR) is 67.9 cm³/mol. The van der Waals surface area contributed by atoms with Gasteiger partial charge in [0.1, 0.15) is 6.21 Å². The van der Waals surface area contributed by atoms with Gasteiger partial charge in [0.05, 0.1) is 6.61 Å². The Morgan fingerprint density at radius 3 is 2.69 bits per heavy atom. The minimum absolute atomic E-state index is 0.323. The molecule has 0 radical (unpaired) electrons. The topological polar surface area (TPSA) is 38.7 Å². The number of esters is 1. The fourth-order valence-corrected chi connectivity index (χ4v) is 1.07. The number of allylic oxidation sites excluding steroid dienone is 2. The normalized spacial score (nSPS) is 10.4. The van der Waals surface area contributed by atoms with Gasteiger partial charge in [-0.3, -0.25) is 4.99 Å². The Kier molecular flexibility index (Phi) is 9.67. The molecule has 3 nitrogen and oxygen atoms in total. The Labute approximate surface area is 98.6 Å². The van der Waals surface area contributed by atoms with Crippen LogP contribution in [0.3, 0.4) is 0 Å². The molecule has 0 atom stereocenters. The lowest BCUT2D eigenvalue weighted by Gasteiger charge is -1.98. The summed E-state index contributed by atoms with van der Waals surface area (Å²) in [6, 6.07) is 0. The summed E-state index contributed by atoms with van der Waals surface area (Å²) in [7, 11) is 0. The summed E-state index contributed by atoms with van der Waals surface area (Å²) in [5, 5.41) is 0. The predicted octanol–water partition coefficient (Wildman–Crippen LogP) is 3.15. The van der Waals surface area contributed by atoms with Crippen LogP contribution in [0.5, 0.6) is 0 Å². The lowest BCUT2D eigenvalue weighted by molar-refractivity contribution is -0.135. The second-order valence-corrected chi connectivity index (χ2v) is 3.98. The van der Waals surface area contributed by atoms with E-state index in [0.717, 1.165) is 25.7 Å². The van der Waals surface area contributed by atoms with Crippen LogP contribution in [0.2, 0.25) is 0 Å². The van der Waals surface area contributed by atoms with Crippen LogP contribution in [0.4, 0.5) is 0 Å². The van der Waals surface area contributed by atoms with Gasteiger partial charge in [-0.15, -0.1) is 0 Å². The van der Waals surface area contributed by atoms with Gasteiger partial charge in [-0.2, -0.15) is 0 Å². The first-order chi connectivity index (χ1) is 7.66. The van der Waals surface area contributed by atoms with E-state index in [2.05, 4.69) is 31.8 Å². The van der Waals surface area contributed by atoms with E-state index in [1.807, 2.05) is 0 Å². The minimum atomic E-state index is -0.323. The van der Waals surface area contributed by atoms with Crippen LogP contribution in [0, 0.1) is 0 Å². The van der Waals surface area contributed by atoms with Crippen molar-refractivity contribution in [2.45, 2.75) is 46.5 Å². The molecule has 0 rings (SSSR count). The smallest absolute Gasteiger partial charge is 0.348 e. The van der Waals surface area contributed by atoms with Crippen molar-refractivity contribution < 1.29 is 9.53 Å². The lowest BCUT2D eigenvalue weighted by Crippen LogP contribution is -2.07. The number of rotatable bonds is 8. The zero-order chi connectivity index (χ0) is 12.2. The second kappa shape index (κ2) is 10.4. The highest BCUT2D eigenvalue weighted by molar-refractivity contribution is 6.23. The van der Waals surface area contributed by atoms with Crippen LogP contribution >= 0.6 is 0 Å². The Balaban J connectivity index is 3.45. The van der Waals surface area contributed by atoms with Crippen molar-refractivity contribution in [2.24, 2.45) is 4.99 Å². The molecule has 0 aliphatic carbocycles. The summed E-state index contributed by atoms with van der Waals surface area (Å²) in [6.45, 7) is 7.40. The molecule has 0 saturated carbocycles. The average Bonchev–Trinajstić information content (AvgIpc) is 2.23. The SMILES string of the molecule is CCCCOC(=O)C=NCCCC=C(C)C. The fourth-order valence-electron chi connectivity index (χ4n) is 1.07. The first-order valence-corrected chi connectivity index (χ1v) is 5.96. The second-order valence-electron chi connectivity index (χ2n) is 3.98. The van der Waals surface area contributed by atoms with Crippen molar-refractivity contribution in [1.29, 1.82) is 0 Å². The van der Waals surface area contributed by atoms with E-state index in [1.54, 1.807) is 0 Å². The first-order valence-electron chi connectivity index (χ1n) is 5.96. The number of hydrogen-bond acceptors (Lipinski definition) is 3. The van der Waals surface area contributed by atoms with Crippen LogP contribution in [-0.2, 0) is 9.53 Å². The molecule has 0 aromatic carbocycles. The zero-order valence-electron chi connectivity index (χ0n) is 10.7. The number of hydrogen-bond donors (Lipinski definition) is 0. The van der Waals surface area contributed by atoms with Gasteiger partial charge < -0.3 is 4.74 Å². The van der Waals surface area contributed by atoms with Gasteiger partial charge >= 0.3 is 5.97 Å². The van der Waals surface area contributed by atoms with E-state index in [4.69, 9.17) is 4.74 Å². The number of nitrogens with zero attached hydrogens (tertiary/aromatic N) is 1. The number of carbonyl (C=O) groups excluding carboxylic acids is 1. The number of carbonyl (C=O) groups is 1. The number of unbranched alkanes of at least 4 members (excludes halogenated alkanes) is 2. The van der Waals surface area contributed by atoms with Gasteiger partial charge in [0, 0.05) is 6.54 Å². The summed E-state index contributed by atoms with van der Waals surface area (Å²) in [4.78, 5) is 15.1. The molecule has 0 heterocycles. The molecular weight excluding hydrogens is 202 g/mol.